The van der Waals surface area contributed by atoms with Gasteiger partial charge in [0, 0.05) is 6.54 Å². The van der Waals surface area contributed by atoms with Gasteiger partial charge < -0.3 is 9.94 Å². The summed E-state index contributed by atoms with van der Waals surface area (Å²) in [6.45, 7) is 5.48. The van der Waals surface area contributed by atoms with Crippen LogP contribution in [0.2, 0.25) is 0 Å². The predicted molar refractivity (Wildman–Crippen MR) is 60.4 cm³/mol. The minimum Gasteiger partial charge on any atom is -0.493 e. The lowest BCUT2D eigenvalue weighted by atomic mass is 10.0. The Bertz CT molecular complexity index is 287. The van der Waals surface area contributed by atoms with E-state index in [0.29, 0.717) is 19.1 Å². The van der Waals surface area contributed by atoms with Crippen molar-refractivity contribution in [2.45, 2.75) is 26.2 Å². The summed E-state index contributed by atoms with van der Waals surface area (Å²) in [7, 11) is 0. The van der Waals surface area contributed by atoms with Crippen molar-refractivity contribution >= 4 is 0 Å². The van der Waals surface area contributed by atoms with E-state index in [9.17, 15) is 0 Å². The van der Waals surface area contributed by atoms with Gasteiger partial charge in [-0.25, -0.2) is 5.48 Å². The number of hydrogen-bond acceptors (Lipinski definition) is 3. The van der Waals surface area contributed by atoms with Crippen LogP contribution in [-0.2, 0) is 0 Å². The maximum Gasteiger partial charge on any atom is 0.122 e. The van der Waals surface area contributed by atoms with Gasteiger partial charge >= 0.3 is 0 Å². The van der Waals surface area contributed by atoms with Crippen LogP contribution < -0.4 is 10.2 Å². The fourth-order valence-corrected chi connectivity index (χ4v) is 1.42. The molecule has 0 aliphatic heterocycles. The maximum absolute atomic E-state index is 8.40. The average Bonchev–Trinajstić information content (AvgIpc) is 2.25. The molecule has 0 saturated carbocycles. The van der Waals surface area contributed by atoms with E-state index in [-0.39, 0.29) is 0 Å². The van der Waals surface area contributed by atoms with Crippen LogP contribution in [0.1, 0.15) is 31.7 Å². The van der Waals surface area contributed by atoms with E-state index in [2.05, 4.69) is 25.4 Å². The summed E-state index contributed by atoms with van der Waals surface area (Å²) in [4.78, 5) is 0. The van der Waals surface area contributed by atoms with E-state index in [4.69, 9.17) is 9.94 Å². The molecule has 0 aliphatic carbocycles. The van der Waals surface area contributed by atoms with Crippen molar-refractivity contribution in [1.29, 1.82) is 0 Å². The third-order valence-electron chi connectivity index (χ3n) is 2.23. The molecule has 0 saturated heterocycles. The van der Waals surface area contributed by atoms with Crippen molar-refractivity contribution in [1.82, 2.24) is 5.48 Å². The van der Waals surface area contributed by atoms with Crippen molar-refractivity contribution in [3.05, 3.63) is 29.8 Å². The molecule has 0 fully saturated rings. The largest absolute Gasteiger partial charge is 0.493 e. The first-order valence-electron chi connectivity index (χ1n) is 5.34. The molecule has 0 heterocycles. The van der Waals surface area contributed by atoms with Crippen molar-refractivity contribution in [3.63, 3.8) is 0 Å². The molecule has 15 heavy (non-hydrogen) atoms. The Kier molecular flexibility index (Phi) is 5.15. The fourth-order valence-electron chi connectivity index (χ4n) is 1.42. The van der Waals surface area contributed by atoms with E-state index < -0.39 is 0 Å². The second-order valence-electron chi connectivity index (χ2n) is 3.80. The van der Waals surface area contributed by atoms with Crippen molar-refractivity contribution in [2.75, 3.05) is 13.2 Å². The lowest BCUT2D eigenvalue weighted by Crippen LogP contribution is -2.12. The third kappa shape index (κ3) is 3.90. The van der Waals surface area contributed by atoms with Crippen LogP contribution in [0.5, 0.6) is 5.75 Å². The molecule has 3 nitrogen and oxygen atoms in total. The van der Waals surface area contributed by atoms with Gasteiger partial charge in [-0.1, -0.05) is 32.0 Å². The lowest BCUT2D eigenvalue weighted by Gasteiger charge is -2.13. The Hall–Kier alpha value is -1.06. The number of ether oxygens (including phenoxy) is 1. The molecule has 1 aromatic carbocycles. The van der Waals surface area contributed by atoms with Gasteiger partial charge in [-0.3, -0.25) is 0 Å². The van der Waals surface area contributed by atoms with Crippen LogP contribution in [0, 0.1) is 0 Å². The van der Waals surface area contributed by atoms with E-state index >= 15 is 0 Å². The molecule has 1 aromatic rings. The SMILES string of the molecule is CC(C)c1ccccc1OCCCNO. The smallest absolute Gasteiger partial charge is 0.122 e. The number of hydrogen-bond donors (Lipinski definition) is 2. The van der Waals surface area contributed by atoms with Crippen LogP contribution in [-0.4, -0.2) is 18.4 Å². The molecule has 3 heteroatoms. The van der Waals surface area contributed by atoms with E-state index in [1.165, 1.54) is 5.56 Å². The summed E-state index contributed by atoms with van der Waals surface area (Å²) in [6.07, 6.45) is 0.795. The first-order chi connectivity index (χ1) is 7.25. The van der Waals surface area contributed by atoms with Gasteiger partial charge in [0.2, 0.25) is 0 Å². The van der Waals surface area contributed by atoms with Crippen LogP contribution in [0.3, 0.4) is 0 Å². The molecule has 0 aromatic heterocycles. The number of hydroxylamine groups is 1. The monoisotopic (exact) mass is 209 g/mol. The Morgan fingerprint density at radius 2 is 2.07 bits per heavy atom. The van der Waals surface area contributed by atoms with Crippen LogP contribution in [0.15, 0.2) is 24.3 Å². The van der Waals surface area contributed by atoms with Gasteiger partial charge in [0.05, 0.1) is 6.61 Å². The first kappa shape index (κ1) is 12.0. The number of nitrogens with one attached hydrogen (secondary N) is 1. The van der Waals surface area contributed by atoms with E-state index in [1.54, 1.807) is 0 Å². The molecule has 2 N–H and O–H groups in total. The summed E-state index contributed by atoms with van der Waals surface area (Å²) < 4.78 is 5.65. The van der Waals surface area contributed by atoms with Gasteiger partial charge in [-0.05, 0) is 24.0 Å². The highest BCUT2D eigenvalue weighted by molar-refractivity contribution is 5.35. The van der Waals surface area contributed by atoms with Crippen molar-refractivity contribution in [2.24, 2.45) is 0 Å². The second kappa shape index (κ2) is 6.43. The number of rotatable bonds is 6. The Labute approximate surface area is 91.0 Å². The molecule has 0 atom stereocenters. The first-order valence-corrected chi connectivity index (χ1v) is 5.34. The summed E-state index contributed by atoms with van der Waals surface area (Å²) >= 11 is 0. The molecule has 0 radical (unpaired) electrons. The number of para-hydroxylation sites is 1. The summed E-state index contributed by atoms with van der Waals surface area (Å²) in [6, 6.07) is 8.08. The van der Waals surface area contributed by atoms with Gasteiger partial charge in [-0.2, -0.15) is 0 Å². The normalized spacial score (nSPS) is 10.7. The molecule has 0 aliphatic rings. The Balaban J connectivity index is 2.52. The molecule has 0 bridgehead atoms. The average molecular weight is 209 g/mol. The fraction of sp³-hybridized carbons (Fsp3) is 0.500. The highest BCUT2D eigenvalue weighted by Crippen LogP contribution is 2.25. The molecule has 84 valence electrons. The zero-order chi connectivity index (χ0) is 11.1. The van der Waals surface area contributed by atoms with Gasteiger partial charge in [0.25, 0.3) is 0 Å². The summed E-state index contributed by atoms with van der Waals surface area (Å²) in [5, 5.41) is 8.40. The molecular weight excluding hydrogens is 190 g/mol. The Morgan fingerprint density at radius 3 is 2.73 bits per heavy atom. The van der Waals surface area contributed by atoms with Gasteiger partial charge in [0.1, 0.15) is 5.75 Å². The van der Waals surface area contributed by atoms with Crippen molar-refractivity contribution in [3.8, 4) is 5.75 Å². The third-order valence-corrected chi connectivity index (χ3v) is 2.23. The minimum absolute atomic E-state index is 0.470. The van der Waals surface area contributed by atoms with Crippen LogP contribution in [0.25, 0.3) is 0 Å². The topological polar surface area (TPSA) is 41.5 Å². The maximum atomic E-state index is 8.40. The molecule has 0 unspecified atom stereocenters. The zero-order valence-corrected chi connectivity index (χ0v) is 9.36. The summed E-state index contributed by atoms with van der Waals surface area (Å²) in [5.41, 5.74) is 3.34. The summed E-state index contributed by atoms with van der Waals surface area (Å²) in [5.74, 6) is 1.42. The van der Waals surface area contributed by atoms with Crippen molar-refractivity contribution < 1.29 is 9.94 Å². The Morgan fingerprint density at radius 1 is 1.33 bits per heavy atom. The molecule has 0 spiro atoms. The zero-order valence-electron chi connectivity index (χ0n) is 9.36. The minimum atomic E-state index is 0.470. The van der Waals surface area contributed by atoms with E-state index in [1.807, 2.05) is 18.2 Å². The highest BCUT2D eigenvalue weighted by Gasteiger charge is 2.05. The molecule has 1 rings (SSSR count). The predicted octanol–water partition coefficient (Wildman–Crippen LogP) is 2.56. The van der Waals surface area contributed by atoms with Crippen LogP contribution >= 0.6 is 0 Å². The highest BCUT2D eigenvalue weighted by atomic mass is 16.5. The van der Waals surface area contributed by atoms with Gasteiger partial charge in [0.15, 0.2) is 0 Å². The second-order valence-corrected chi connectivity index (χ2v) is 3.80. The molecular formula is C12H19NO2. The number of benzene rings is 1. The standard InChI is InChI=1S/C12H19NO2/c1-10(2)11-6-3-4-7-12(11)15-9-5-8-13-14/h3-4,6-7,10,13-14H,5,8-9H2,1-2H3. The quantitative estimate of drug-likeness (QED) is 0.559. The van der Waals surface area contributed by atoms with Crippen LogP contribution in [0.4, 0.5) is 0 Å². The molecule has 0 amide bonds. The van der Waals surface area contributed by atoms with E-state index in [0.717, 1.165) is 12.2 Å². The lowest BCUT2D eigenvalue weighted by molar-refractivity contribution is 0.157. The van der Waals surface area contributed by atoms with Gasteiger partial charge in [-0.15, -0.1) is 0 Å².